The summed E-state index contributed by atoms with van der Waals surface area (Å²) in [5.41, 5.74) is 6.17. The van der Waals surface area contributed by atoms with Crippen molar-refractivity contribution in [2.24, 2.45) is 5.41 Å². The van der Waals surface area contributed by atoms with E-state index in [4.69, 9.17) is 23.9 Å². The van der Waals surface area contributed by atoms with Crippen molar-refractivity contribution in [3.05, 3.63) is 70.8 Å². The summed E-state index contributed by atoms with van der Waals surface area (Å²) in [4.78, 5) is 21.3. The highest BCUT2D eigenvalue weighted by Crippen LogP contribution is 2.46. The Morgan fingerprint density at radius 3 is 2.45 bits per heavy atom. The summed E-state index contributed by atoms with van der Waals surface area (Å²) in [7, 11) is 0. The Balaban J connectivity index is 1.55. The topological polar surface area (TPSA) is 70.1 Å². The minimum absolute atomic E-state index is 0.183. The van der Waals surface area contributed by atoms with E-state index in [1.807, 2.05) is 54.5 Å². The third-order valence-electron chi connectivity index (χ3n) is 8.95. The molecule has 1 fully saturated rings. The van der Waals surface area contributed by atoms with Gasteiger partial charge in [-0.15, -0.1) is 0 Å². The summed E-state index contributed by atoms with van der Waals surface area (Å²) >= 11 is 0. The number of halogens is 1. The molecule has 2 aromatic carbocycles. The van der Waals surface area contributed by atoms with Crippen LogP contribution in [0, 0.1) is 25.1 Å². The predicted octanol–water partition coefficient (Wildman–Crippen LogP) is 8.71. The fraction of sp³-hybridized carbons (Fsp3) is 0.538. The molecule has 2 aliphatic heterocycles. The summed E-state index contributed by atoms with van der Waals surface area (Å²) in [6.07, 6.45) is 2.19. The number of ether oxygens (including phenoxy) is 4. The minimum Gasteiger partial charge on any atom is -0.487 e. The number of carbonyl (C=O) groups excluding carboxylic acids is 1. The van der Waals surface area contributed by atoms with E-state index < -0.39 is 17.7 Å². The first-order valence-electron chi connectivity index (χ1n) is 16.9. The van der Waals surface area contributed by atoms with Gasteiger partial charge in [-0.25, -0.2) is 9.18 Å². The van der Waals surface area contributed by atoms with Crippen LogP contribution < -0.4 is 14.4 Å². The lowest BCUT2D eigenvalue weighted by Crippen LogP contribution is -2.39. The second-order valence-electron chi connectivity index (χ2n) is 15.0. The van der Waals surface area contributed by atoms with Gasteiger partial charge in [0, 0.05) is 35.6 Å². The van der Waals surface area contributed by atoms with Crippen LogP contribution in [0.3, 0.4) is 0 Å². The first-order chi connectivity index (χ1) is 22.1. The maximum atomic E-state index is 14.1. The molecule has 254 valence electrons. The molecule has 3 aromatic rings. The molecule has 1 unspecified atom stereocenters. The highest BCUT2D eigenvalue weighted by atomic mass is 19.1. The summed E-state index contributed by atoms with van der Waals surface area (Å²) in [6, 6.07) is 12.7. The van der Waals surface area contributed by atoms with E-state index in [-0.39, 0.29) is 35.8 Å². The lowest BCUT2D eigenvalue weighted by Gasteiger charge is -2.41. The Labute approximate surface area is 279 Å². The van der Waals surface area contributed by atoms with Crippen molar-refractivity contribution in [1.82, 2.24) is 4.98 Å². The largest absolute Gasteiger partial charge is 0.487 e. The van der Waals surface area contributed by atoms with E-state index in [0.717, 1.165) is 83.9 Å². The maximum Gasteiger partial charge on any atom is 0.340 e. The number of carbonyl (C=O) groups is 1. The number of esters is 1. The third-order valence-corrected chi connectivity index (χ3v) is 8.95. The van der Waals surface area contributed by atoms with Gasteiger partial charge in [-0.1, -0.05) is 32.0 Å². The Morgan fingerprint density at radius 1 is 1.09 bits per heavy atom. The van der Waals surface area contributed by atoms with Crippen LogP contribution in [0.4, 0.5) is 10.1 Å². The molecule has 2 aliphatic rings. The fourth-order valence-electron chi connectivity index (χ4n) is 6.50. The van der Waals surface area contributed by atoms with E-state index in [1.54, 1.807) is 18.2 Å². The molecule has 0 aliphatic carbocycles. The van der Waals surface area contributed by atoms with Gasteiger partial charge < -0.3 is 23.8 Å². The number of anilines is 1. The molecule has 0 N–H and O–H groups in total. The summed E-state index contributed by atoms with van der Waals surface area (Å²) in [5, 5.41) is 0. The molecule has 0 spiro atoms. The van der Waals surface area contributed by atoms with Crippen LogP contribution in [0.1, 0.15) is 96.3 Å². The van der Waals surface area contributed by atoms with Crippen molar-refractivity contribution < 1.29 is 28.1 Å². The van der Waals surface area contributed by atoms with Crippen molar-refractivity contribution in [2.45, 2.75) is 112 Å². The molecule has 0 amide bonds. The average molecular weight is 647 g/mol. The smallest absolute Gasteiger partial charge is 0.340 e. The Hall–Kier alpha value is -3.65. The van der Waals surface area contributed by atoms with Gasteiger partial charge in [-0.2, -0.15) is 0 Å². The fourth-order valence-corrected chi connectivity index (χ4v) is 6.50. The van der Waals surface area contributed by atoms with Crippen molar-refractivity contribution in [3.63, 3.8) is 0 Å². The van der Waals surface area contributed by atoms with E-state index in [9.17, 15) is 9.18 Å². The van der Waals surface area contributed by atoms with Crippen molar-refractivity contribution in [3.8, 4) is 22.6 Å². The molecule has 0 radical (unpaired) electrons. The molecule has 8 heteroatoms. The number of piperidine rings is 1. The van der Waals surface area contributed by atoms with Gasteiger partial charge in [0.2, 0.25) is 0 Å². The number of fused-ring (bicyclic) bond motifs is 1. The van der Waals surface area contributed by atoms with Crippen LogP contribution >= 0.6 is 0 Å². The number of benzene rings is 2. The number of hydrogen-bond donors (Lipinski definition) is 0. The highest BCUT2D eigenvalue weighted by Gasteiger charge is 2.38. The first kappa shape index (κ1) is 34.7. The molecule has 5 rings (SSSR count). The van der Waals surface area contributed by atoms with E-state index in [1.165, 1.54) is 6.07 Å². The molecule has 2 atom stereocenters. The van der Waals surface area contributed by atoms with Crippen LogP contribution in [-0.2, 0) is 20.7 Å². The number of aryl methyl sites for hydroxylation is 3. The van der Waals surface area contributed by atoms with Crippen LogP contribution in [0.15, 0.2) is 42.5 Å². The van der Waals surface area contributed by atoms with Crippen LogP contribution in [0.2, 0.25) is 0 Å². The highest BCUT2D eigenvalue weighted by molar-refractivity contribution is 5.89. The number of para-hydroxylation sites is 1. The van der Waals surface area contributed by atoms with Gasteiger partial charge in [-0.05, 0) is 115 Å². The number of aromatic nitrogens is 1. The zero-order chi connectivity index (χ0) is 34.1. The van der Waals surface area contributed by atoms with Gasteiger partial charge >= 0.3 is 5.97 Å². The zero-order valence-electron chi connectivity index (χ0n) is 29.5. The standard InChI is InChI=1S/C39H51FN2O5/c1-24(2)45-37(43)36(47-38(5,6)7)34-26(4)41-25(3)33(35(34)42-20-18-39(8,9)19-21-42)28-15-17-31-27(22-28)14-16-29(46-31)23-44-32-13-11-10-12-30(32)40/h10-13,15,17,22,24,29,36H,14,16,18-21,23H2,1-9H3/t29?,36-/m0/s1. The summed E-state index contributed by atoms with van der Waals surface area (Å²) in [6.45, 7) is 20.2. The number of hydrogen-bond acceptors (Lipinski definition) is 7. The number of rotatable bonds is 9. The lowest BCUT2D eigenvalue weighted by atomic mass is 9.81. The van der Waals surface area contributed by atoms with E-state index in [2.05, 4.69) is 30.9 Å². The monoisotopic (exact) mass is 646 g/mol. The number of pyridine rings is 1. The predicted molar refractivity (Wildman–Crippen MR) is 184 cm³/mol. The second-order valence-corrected chi connectivity index (χ2v) is 15.0. The van der Waals surface area contributed by atoms with Crippen molar-refractivity contribution in [2.75, 3.05) is 24.6 Å². The molecular weight excluding hydrogens is 595 g/mol. The summed E-state index contributed by atoms with van der Waals surface area (Å²) in [5.74, 6) is 0.247. The molecular formula is C39H51FN2O5. The Bertz CT molecular complexity index is 1580. The average Bonchev–Trinajstić information content (AvgIpc) is 2.98. The van der Waals surface area contributed by atoms with Crippen molar-refractivity contribution >= 4 is 11.7 Å². The molecule has 3 heterocycles. The molecule has 7 nitrogen and oxygen atoms in total. The summed E-state index contributed by atoms with van der Waals surface area (Å²) < 4.78 is 38.5. The van der Waals surface area contributed by atoms with Gasteiger partial charge in [0.05, 0.1) is 17.4 Å². The minimum atomic E-state index is -0.939. The first-order valence-corrected chi connectivity index (χ1v) is 16.9. The molecule has 1 aromatic heterocycles. The van der Waals surface area contributed by atoms with E-state index in [0.29, 0.717) is 0 Å². The van der Waals surface area contributed by atoms with Gasteiger partial charge in [0.1, 0.15) is 18.5 Å². The van der Waals surface area contributed by atoms with Gasteiger partial charge in [0.15, 0.2) is 17.7 Å². The molecule has 47 heavy (non-hydrogen) atoms. The zero-order valence-corrected chi connectivity index (χ0v) is 29.5. The van der Waals surface area contributed by atoms with Gasteiger partial charge in [0.25, 0.3) is 0 Å². The van der Waals surface area contributed by atoms with Crippen molar-refractivity contribution in [1.29, 1.82) is 0 Å². The Kier molecular flexibility index (Phi) is 10.2. The van der Waals surface area contributed by atoms with Gasteiger partial charge in [-0.3, -0.25) is 4.98 Å². The van der Waals surface area contributed by atoms with Crippen LogP contribution in [0.25, 0.3) is 11.1 Å². The molecule has 0 saturated carbocycles. The lowest BCUT2D eigenvalue weighted by molar-refractivity contribution is -0.171. The quantitative estimate of drug-likeness (QED) is 0.215. The normalized spacial score (nSPS) is 18.4. The third kappa shape index (κ3) is 8.26. The maximum absolute atomic E-state index is 14.1. The SMILES string of the molecule is Cc1nc(C)c([C@H](OC(C)(C)C)C(=O)OC(C)C)c(N2CCC(C)(C)CC2)c1-c1ccc2c(c1)CCC(COc1ccccc1F)O2. The Morgan fingerprint density at radius 2 is 1.79 bits per heavy atom. The second kappa shape index (κ2) is 13.8. The van der Waals surface area contributed by atoms with Crippen LogP contribution in [0.5, 0.6) is 11.5 Å². The van der Waals surface area contributed by atoms with Crippen LogP contribution in [-0.4, -0.2) is 48.5 Å². The molecule has 0 bridgehead atoms. The number of nitrogens with zero attached hydrogens (tertiary/aromatic N) is 2. The molecule has 1 saturated heterocycles. The van der Waals surface area contributed by atoms with E-state index >= 15 is 0 Å².